The van der Waals surface area contributed by atoms with Crippen molar-refractivity contribution in [3.8, 4) is 0 Å². The maximum Gasteiger partial charge on any atom is 0.313 e. The largest absolute Gasteiger partial charge is 0.481 e. The summed E-state index contributed by atoms with van der Waals surface area (Å²) in [7, 11) is 4.06. The average molecular weight is 257 g/mol. The smallest absolute Gasteiger partial charge is 0.313 e. The van der Waals surface area contributed by atoms with Crippen molar-refractivity contribution in [1.82, 2.24) is 14.5 Å². The van der Waals surface area contributed by atoms with Gasteiger partial charge in [-0.05, 0) is 27.9 Å². The molecule has 0 aliphatic rings. The number of aryl methyl sites for hydroxylation is 1. The van der Waals surface area contributed by atoms with E-state index in [4.69, 9.17) is 5.11 Å². The van der Waals surface area contributed by atoms with Crippen molar-refractivity contribution < 1.29 is 9.90 Å². The molecule has 5 nitrogen and oxygen atoms in total. The van der Waals surface area contributed by atoms with Crippen LogP contribution >= 0.6 is 11.8 Å². The SMILES string of the molecule is Cc1cnc(SCC(=O)O)n1CC(C)N(C)C. The van der Waals surface area contributed by atoms with E-state index >= 15 is 0 Å². The maximum absolute atomic E-state index is 10.6. The first-order valence-corrected chi connectivity index (χ1v) is 6.43. The molecular weight excluding hydrogens is 238 g/mol. The Morgan fingerprint density at radius 2 is 2.29 bits per heavy atom. The van der Waals surface area contributed by atoms with Crippen LogP contribution in [0, 0.1) is 6.92 Å². The minimum atomic E-state index is -0.817. The fourth-order valence-electron chi connectivity index (χ4n) is 1.33. The van der Waals surface area contributed by atoms with Gasteiger partial charge in [-0.3, -0.25) is 4.79 Å². The second-order valence-electron chi connectivity index (χ2n) is 4.29. The summed E-state index contributed by atoms with van der Waals surface area (Å²) in [6, 6.07) is 0.382. The van der Waals surface area contributed by atoms with Crippen LogP contribution < -0.4 is 0 Å². The number of thioether (sulfide) groups is 1. The van der Waals surface area contributed by atoms with Gasteiger partial charge in [-0.1, -0.05) is 11.8 Å². The molecule has 1 aromatic rings. The zero-order valence-electron chi connectivity index (χ0n) is 10.7. The van der Waals surface area contributed by atoms with Crippen LogP contribution in [0.4, 0.5) is 0 Å². The predicted octanol–water partition coefficient (Wildman–Crippen LogP) is 1.32. The van der Waals surface area contributed by atoms with E-state index in [0.29, 0.717) is 6.04 Å². The molecule has 0 fully saturated rings. The minimum absolute atomic E-state index is 0.0484. The van der Waals surface area contributed by atoms with Crippen molar-refractivity contribution in [3.63, 3.8) is 0 Å². The highest BCUT2D eigenvalue weighted by molar-refractivity contribution is 7.99. The Balaban J connectivity index is 2.75. The normalized spacial score (nSPS) is 13.0. The number of nitrogens with zero attached hydrogens (tertiary/aromatic N) is 3. The van der Waals surface area contributed by atoms with Crippen LogP contribution in [0.25, 0.3) is 0 Å². The van der Waals surface area contributed by atoms with Gasteiger partial charge in [0.2, 0.25) is 0 Å². The number of imidazole rings is 1. The zero-order valence-corrected chi connectivity index (χ0v) is 11.5. The van der Waals surface area contributed by atoms with Crippen LogP contribution in [0.5, 0.6) is 0 Å². The van der Waals surface area contributed by atoms with E-state index in [1.807, 2.05) is 21.0 Å². The van der Waals surface area contributed by atoms with Gasteiger partial charge in [-0.25, -0.2) is 4.98 Å². The molecule has 0 spiro atoms. The monoisotopic (exact) mass is 257 g/mol. The second kappa shape index (κ2) is 6.07. The fraction of sp³-hybridized carbons (Fsp3) is 0.636. The van der Waals surface area contributed by atoms with E-state index in [0.717, 1.165) is 17.4 Å². The van der Waals surface area contributed by atoms with Gasteiger partial charge >= 0.3 is 5.97 Å². The molecule has 0 aliphatic carbocycles. The van der Waals surface area contributed by atoms with Gasteiger partial charge in [0.1, 0.15) is 0 Å². The van der Waals surface area contributed by atoms with Crippen molar-refractivity contribution in [2.75, 3.05) is 19.8 Å². The van der Waals surface area contributed by atoms with Crippen LogP contribution in [0.1, 0.15) is 12.6 Å². The van der Waals surface area contributed by atoms with E-state index in [1.165, 1.54) is 11.8 Å². The van der Waals surface area contributed by atoms with Gasteiger partial charge in [0.05, 0.1) is 5.75 Å². The van der Waals surface area contributed by atoms with Crippen molar-refractivity contribution in [1.29, 1.82) is 0 Å². The van der Waals surface area contributed by atoms with Crippen LogP contribution in [0.2, 0.25) is 0 Å². The van der Waals surface area contributed by atoms with E-state index in [9.17, 15) is 4.79 Å². The number of carboxylic acid groups (broad SMARTS) is 1. The lowest BCUT2D eigenvalue weighted by molar-refractivity contribution is -0.133. The number of rotatable bonds is 6. The Bertz CT molecular complexity index is 390. The Kier molecular flexibility index (Phi) is 5.02. The molecule has 1 aromatic heterocycles. The lowest BCUT2D eigenvalue weighted by atomic mass is 10.3. The molecule has 96 valence electrons. The van der Waals surface area contributed by atoms with Crippen LogP contribution in [-0.2, 0) is 11.3 Å². The Morgan fingerprint density at radius 3 is 2.82 bits per heavy atom. The van der Waals surface area contributed by atoms with Gasteiger partial charge in [0.25, 0.3) is 0 Å². The van der Waals surface area contributed by atoms with E-state index in [-0.39, 0.29) is 5.75 Å². The number of carboxylic acids is 1. The molecule has 1 atom stereocenters. The average Bonchev–Trinajstić information content (AvgIpc) is 2.57. The molecule has 1 unspecified atom stereocenters. The molecule has 17 heavy (non-hydrogen) atoms. The van der Waals surface area contributed by atoms with Crippen LogP contribution in [0.15, 0.2) is 11.4 Å². The standard InChI is InChI=1S/C11H19N3O2S/c1-8-5-12-11(17-7-10(15)16)14(8)6-9(2)13(3)4/h5,9H,6-7H2,1-4H3,(H,15,16). The molecule has 0 saturated carbocycles. The zero-order chi connectivity index (χ0) is 13.0. The molecule has 0 aliphatic heterocycles. The lowest BCUT2D eigenvalue weighted by Crippen LogP contribution is -2.29. The van der Waals surface area contributed by atoms with Gasteiger partial charge < -0.3 is 14.6 Å². The van der Waals surface area contributed by atoms with Gasteiger partial charge in [0, 0.05) is 24.5 Å². The van der Waals surface area contributed by atoms with Crippen molar-refractivity contribution in [2.24, 2.45) is 0 Å². The molecular formula is C11H19N3O2S. The van der Waals surface area contributed by atoms with Crippen LogP contribution in [0.3, 0.4) is 0 Å². The molecule has 6 heteroatoms. The summed E-state index contributed by atoms with van der Waals surface area (Å²) in [5.74, 6) is -0.768. The molecule has 0 amide bonds. The topological polar surface area (TPSA) is 58.4 Å². The highest BCUT2D eigenvalue weighted by Gasteiger charge is 2.13. The number of hydrogen-bond donors (Lipinski definition) is 1. The highest BCUT2D eigenvalue weighted by atomic mass is 32.2. The molecule has 0 saturated heterocycles. The van der Waals surface area contributed by atoms with Crippen molar-refractivity contribution in [2.45, 2.75) is 31.6 Å². The van der Waals surface area contributed by atoms with E-state index < -0.39 is 5.97 Å². The van der Waals surface area contributed by atoms with E-state index in [2.05, 4.69) is 21.4 Å². The second-order valence-corrected chi connectivity index (χ2v) is 5.23. The minimum Gasteiger partial charge on any atom is -0.481 e. The van der Waals surface area contributed by atoms with E-state index in [1.54, 1.807) is 6.20 Å². The van der Waals surface area contributed by atoms with Gasteiger partial charge in [0.15, 0.2) is 5.16 Å². The number of aliphatic carboxylic acids is 1. The fourth-order valence-corrected chi connectivity index (χ4v) is 2.08. The first-order valence-electron chi connectivity index (χ1n) is 5.45. The Labute approximate surface area is 106 Å². The molecule has 1 rings (SSSR count). The summed E-state index contributed by atoms with van der Waals surface area (Å²) < 4.78 is 2.07. The third-order valence-electron chi connectivity index (χ3n) is 2.67. The molecule has 1 heterocycles. The summed E-state index contributed by atoms with van der Waals surface area (Å²) in [6.07, 6.45) is 1.78. The number of aromatic nitrogens is 2. The number of hydrogen-bond acceptors (Lipinski definition) is 4. The highest BCUT2D eigenvalue weighted by Crippen LogP contribution is 2.19. The quantitative estimate of drug-likeness (QED) is 0.779. The molecule has 0 bridgehead atoms. The first-order chi connectivity index (χ1) is 7.91. The Morgan fingerprint density at radius 1 is 1.65 bits per heavy atom. The number of carbonyl (C=O) groups is 1. The first kappa shape index (κ1) is 14.1. The van der Waals surface area contributed by atoms with Crippen molar-refractivity contribution >= 4 is 17.7 Å². The van der Waals surface area contributed by atoms with Crippen LogP contribution in [-0.4, -0.2) is 51.4 Å². The summed E-state index contributed by atoms with van der Waals surface area (Å²) in [4.78, 5) is 16.9. The van der Waals surface area contributed by atoms with Crippen molar-refractivity contribution in [3.05, 3.63) is 11.9 Å². The molecule has 0 radical (unpaired) electrons. The van der Waals surface area contributed by atoms with Gasteiger partial charge in [-0.2, -0.15) is 0 Å². The summed E-state index contributed by atoms with van der Waals surface area (Å²) in [5.41, 5.74) is 1.06. The summed E-state index contributed by atoms with van der Waals surface area (Å²) in [5, 5.41) is 9.45. The number of likely N-dealkylation sites (N-methyl/N-ethyl adjacent to an activating group) is 1. The summed E-state index contributed by atoms with van der Waals surface area (Å²) in [6.45, 7) is 4.94. The molecule has 0 aromatic carbocycles. The maximum atomic E-state index is 10.6. The Hall–Kier alpha value is -1.01. The van der Waals surface area contributed by atoms with Gasteiger partial charge in [-0.15, -0.1) is 0 Å². The third kappa shape index (κ3) is 4.05. The summed E-state index contributed by atoms with van der Waals surface area (Å²) >= 11 is 1.26. The molecule has 1 N–H and O–H groups in total. The predicted molar refractivity (Wildman–Crippen MR) is 68.5 cm³/mol. The lowest BCUT2D eigenvalue weighted by Gasteiger charge is -2.21. The third-order valence-corrected chi connectivity index (χ3v) is 3.65.